The zero-order chi connectivity index (χ0) is 47.5. The molecule has 0 saturated heterocycles. The van der Waals surface area contributed by atoms with Gasteiger partial charge in [-0.1, -0.05) is 90.4 Å². The Morgan fingerprint density at radius 2 is 1.06 bits per heavy atom. The third kappa shape index (κ3) is 37.6. The number of carboxylic acid groups (broad SMARTS) is 1. The Morgan fingerprint density at radius 3 is 1.56 bits per heavy atom. The minimum Gasteiger partial charge on any atom is -0.480 e. The van der Waals surface area contributed by atoms with Crippen LogP contribution in [-0.2, 0) is 52.5 Å². The maximum absolute atomic E-state index is 12.3. The highest BCUT2D eigenvalue weighted by Gasteiger charge is 2.22. The van der Waals surface area contributed by atoms with Gasteiger partial charge in [-0.2, -0.15) is 0 Å². The van der Waals surface area contributed by atoms with E-state index in [1.54, 1.807) is 0 Å². The van der Waals surface area contributed by atoms with Crippen LogP contribution in [0.3, 0.4) is 0 Å². The first kappa shape index (κ1) is 60.2. The molecule has 0 fully saturated rings. The first-order chi connectivity index (χ1) is 30.9. The molecule has 0 aliphatic heterocycles. The van der Waals surface area contributed by atoms with Crippen LogP contribution in [0.1, 0.15) is 130 Å². The number of carbonyl (C=O) groups is 7. The number of ketones is 1. The van der Waals surface area contributed by atoms with Crippen molar-refractivity contribution in [2.45, 2.75) is 141 Å². The molecule has 0 aliphatic carbocycles. The van der Waals surface area contributed by atoms with E-state index in [0.717, 1.165) is 19.3 Å². The fraction of sp³-hybridized carbons (Fsp3) is 0.841. The summed E-state index contributed by atoms with van der Waals surface area (Å²) in [4.78, 5) is 83.6. The fourth-order valence-corrected chi connectivity index (χ4v) is 6.36. The summed E-state index contributed by atoms with van der Waals surface area (Å²) in [5, 5.41) is 31.8. The van der Waals surface area contributed by atoms with Gasteiger partial charge in [0.05, 0.1) is 52.8 Å². The van der Waals surface area contributed by atoms with E-state index in [1.165, 1.54) is 57.8 Å². The van der Waals surface area contributed by atoms with E-state index in [0.29, 0.717) is 32.2 Å². The van der Waals surface area contributed by atoms with Gasteiger partial charge in [-0.15, -0.1) is 0 Å². The molecule has 0 aromatic carbocycles. The zero-order valence-electron chi connectivity index (χ0n) is 38.6. The van der Waals surface area contributed by atoms with Gasteiger partial charge in [0.25, 0.3) is 0 Å². The molecule has 0 aliphatic rings. The predicted octanol–water partition coefficient (Wildman–Crippen LogP) is 1.23. The number of carboxylic acids is 1. The number of Topliss-reactive ketones (excluding diaryl/α,β-unsaturated/α-hetero) is 1. The molecule has 1 unspecified atom stereocenters. The highest BCUT2D eigenvalue weighted by Crippen LogP contribution is 2.13. The average Bonchev–Trinajstić information content (AvgIpc) is 3.26. The number of ether oxygens (including phenoxy) is 4. The summed E-state index contributed by atoms with van der Waals surface area (Å²) < 4.78 is 21.4. The standard InChI is InChI=1S/C44H83N7O13.H2/c1-2-3-4-5-6-7-8-9-10-11-12-13-14-18-40(55)51-36(44(59)60)19-20-39(54)48-22-24-61-26-29-64-34-42(57)49-23-25-62-27-28-63-33-41(56)47-21-16-15-17-35(30-45)38(53)31-50-37(32-52)43(46)58;/h35-37,50,52H,2-34,45H2,1H3,(H2,46,58)(H,47,56)(H,48,54)(H,49,57)(H,51,55)(H,59,60);1H/t35-,36?,37+;/m1./s1. The van der Waals surface area contributed by atoms with Gasteiger partial charge in [-0.25, -0.2) is 4.79 Å². The third-order valence-electron chi connectivity index (χ3n) is 10.2. The van der Waals surface area contributed by atoms with Crippen LogP contribution in [0.15, 0.2) is 0 Å². The largest absolute Gasteiger partial charge is 0.480 e. The number of unbranched alkanes of at least 4 members (excludes halogenated alkanes) is 13. The van der Waals surface area contributed by atoms with Gasteiger partial charge in [-0.3, -0.25) is 34.1 Å². The minimum absolute atomic E-state index is 0. The third-order valence-corrected chi connectivity index (χ3v) is 10.2. The molecule has 11 N–H and O–H groups in total. The van der Waals surface area contributed by atoms with Gasteiger partial charge >= 0.3 is 5.97 Å². The Labute approximate surface area is 382 Å². The maximum atomic E-state index is 12.3. The lowest BCUT2D eigenvalue weighted by Gasteiger charge is -2.16. The van der Waals surface area contributed by atoms with Gasteiger partial charge in [0.2, 0.25) is 29.5 Å². The summed E-state index contributed by atoms with van der Waals surface area (Å²) in [6.07, 6.45) is 17.6. The van der Waals surface area contributed by atoms with Gasteiger partial charge in [0, 0.05) is 46.4 Å². The van der Waals surface area contributed by atoms with E-state index in [4.69, 9.17) is 35.5 Å². The van der Waals surface area contributed by atoms with Crippen molar-refractivity contribution in [1.29, 1.82) is 0 Å². The van der Waals surface area contributed by atoms with Gasteiger partial charge in [0.15, 0.2) is 5.78 Å². The second-order valence-corrected chi connectivity index (χ2v) is 15.8. The molecule has 0 bridgehead atoms. The van der Waals surface area contributed by atoms with E-state index in [2.05, 4.69) is 33.5 Å². The number of carbonyl (C=O) groups excluding carboxylic acids is 6. The van der Waals surface area contributed by atoms with Crippen molar-refractivity contribution in [3.63, 3.8) is 0 Å². The lowest BCUT2D eigenvalue weighted by molar-refractivity contribution is -0.142. The molecular weight excluding hydrogens is 835 g/mol. The summed E-state index contributed by atoms with van der Waals surface area (Å²) >= 11 is 0. The maximum Gasteiger partial charge on any atom is 0.326 e. The van der Waals surface area contributed by atoms with Crippen molar-refractivity contribution in [1.82, 2.24) is 26.6 Å². The van der Waals surface area contributed by atoms with Crippen LogP contribution in [0.2, 0.25) is 0 Å². The molecule has 0 spiro atoms. The van der Waals surface area contributed by atoms with Crippen molar-refractivity contribution in [2.75, 3.05) is 92.2 Å². The average molecular weight is 920 g/mol. The van der Waals surface area contributed by atoms with Crippen LogP contribution >= 0.6 is 0 Å². The number of rotatable bonds is 47. The van der Waals surface area contributed by atoms with Crippen molar-refractivity contribution in [3.05, 3.63) is 0 Å². The lowest BCUT2D eigenvalue weighted by atomic mass is 9.97. The monoisotopic (exact) mass is 920 g/mol. The van der Waals surface area contributed by atoms with Crippen LogP contribution in [0.25, 0.3) is 0 Å². The number of amides is 5. The molecule has 374 valence electrons. The van der Waals surface area contributed by atoms with Crippen LogP contribution in [0.5, 0.6) is 0 Å². The molecule has 0 saturated carbocycles. The first-order valence-corrected chi connectivity index (χ1v) is 23.4. The normalized spacial score (nSPS) is 12.5. The molecule has 0 rings (SSSR count). The number of nitrogens with one attached hydrogen (secondary N) is 5. The fourth-order valence-electron chi connectivity index (χ4n) is 6.36. The highest BCUT2D eigenvalue weighted by molar-refractivity contribution is 5.85. The highest BCUT2D eigenvalue weighted by atomic mass is 16.5. The Bertz CT molecular complexity index is 1270. The molecule has 64 heavy (non-hydrogen) atoms. The molecule has 5 amide bonds. The van der Waals surface area contributed by atoms with Crippen LogP contribution in [0, 0.1) is 5.92 Å². The number of hydrogen-bond acceptors (Lipinski definition) is 14. The Kier molecular flexibility index (Phi) is 40.6. The number of primary amides is 1. The smallest absolute Gasteiger partial charge is 0.326 e. The second kappa shape index (κ2) is 43.1. The Hall–Kier alpha value is -3.79. The van der Waals surface area contributed by atoms with E-state index in [1.807, 2.05) is 0 Å². The number of aliphatic hydroxyl groups excluding tert-OH is 1. The van der Waals surface area contributed by atoms with Crippen LogP contribution in [-0.4, -0.2) is 156 Å². The number of aliphatic hydroxyl groups is 1. The molecular formula is C44H85N7O13. The second-order valence-electron chi connectivity index (χ2n) is 15.8. The van der Waals surface area contributed by atoms with Gasteiger partial charge in [-0.05, 0) is 25.7 Å². The van der Waals surface area contributed by atoms with Crippen molar-refractivity contribution >= 4 is 41.3 Å². The molecule has 0 heterocycles. The lowest BCUT2D eigenvalue weighted by Crippen LogP contribution is -2.47. The van der Waals surface area contributed by atoms with Crippen LogP contribution in [0.4, 0.5) is 0 Å². The summed E-state index contributed by atoms with van der Waals surface area (Å²) in [6, 6.07) is -2.13. The molecule has 20 nitrogen and oxygen atoms in total. The van der Waals surface area contributed by atoms with Crippen molar-refractivity contribution < 1.29 is 64.1 Å². The molecule has 0 aromatic heterocycles. The predicted molar refractivity (Wildman–Crippen MR) is 243 cm³/mol. The van der Waals surface area contributed by atoms with Crippen molar-refractivity contribution in [2.24, 2.45) is 17.4 Å². The molecule has 3 atom stereocenters. The summed E-state index contributed by atoms with van der Waals surface area (Å²) in [5.41, 5.74) is 10.8. The van der Waals surface area contributed by atoms with Crippen molar-refractivity contribution in [3.8, 4) is 0 Å². The van der Waals surface area contributed by atoms with Gasteiger partial charge in [0.1, 0.15) is 25.3 Å². The zero-order valence-corrected chi connectivity index (χ0v) is 38.6. The number of nitrogens with two attached hydrogens (primary N) is 2. The first-order valence-electron chi connectivity index (χ1n) is 23.4. The summed E-state index contributed by atoms with van der Waals surface area (Å²) in [7, 11) is 0. The molecule has 0 aromatic rings. The SMILES string of the molecule is CCCCCCCCCCCCCCCC(=O)NC(CCC(=O)NCCOCCOCC(=O)NCCOCCOCC(=O)NCCCC[C@H](CN)C(=O)CN[C@@H](CO)C(N)=O)C(=O)O.[HH]. The van der Waals surface area contributed by atoms with E-state index < -0.39 is 36.5 Å². The summed E-state index contributed by atoms with van der Waals surface area (Å²) in [5.74, 6) is -3.82. The number of aliphatic carboxylic acids is 1. The summed E-state index contributed by atoms with van der Waals surface area (Å²) in [6.45, 7) is 3.46. The topological polar surface area (TPSA) is 309 Å². The quantitative estimate of drug-likeness (QED) is 0.0388. The Morgan fingerprint density at radius 1 is 0.562 bits per heavy atom. The van der Waals surface area contributed by atoms with E-state index in [-0.39, 0.29) is 129 Å². The number of hydrogen-bond donors (Lipinski definition) is 9. The molecule has 0 radical (unpaired) electrons. The van der Waals surface area contributed by atoms with Crippen LogP contribution < -0.4 is 38.1 Å². The van der Waals surface area contributed by atoms with E-state index in [9.17, 15) is 38.7 Å². The molecule has 20 heteroatoms. The minimum atomic E-state index is -1.18. The van der Waals surface area contributed by atoms with Gasteiger partial charge < -0.3 is 61.9 Å². The Balaban J connectivity index is 0. The van der Waals surface area contributed by atoms with E-state index >= 15 is 0 Å².